The molecule has 1 N–H and O–H groups in total. The fourth-order valence-electron chi connectivity index (χ4n) is 3.71. The Morgan fingerprint density at radius 3 is 1.56 bits per heavy atom. The highest BCUT2D eigenvalue weighted by atomic mass is 32.2. The van der Waals surface area contributed by atoms with Crippen LogP contribution in [0.3, 0.4) is 0 Å². The summed E-state index contributed by atoms with van der Waals surface area (Å²) in [5.74, 6) is -1.55. The molecule has 0 fully saturated rings. The second-order valence-corrected chi connectivity index (χ2v) is 10.3. The highest BCUT2D eigenvalue weighted by molar-refractivity contribution is 7.85. The Kier molecular flexibility index (Phi) is 16.5. The SMILES string of the molecule is C=CCCCCCCCCOC(=O)c1ccc(S(=O)(=O)O)cc1C(=O)OCCCCCCCCC=C. The van der Waals surface area contributed by atoms with E-state index in [9.17, 15) is 22.6 Å². The molecule has 0 aromatic heterocycles. The van der Waals surface area contributed by atoms with Crippen LogP contribution in [-0.4, -0.2) is 38.1 Å². The third kappa shape index (κ3) is 13.6. The minimum Gasteiger partial charge on any atom is -0.462 e. The summed E-state index contributed by atoms with van der Waals surface area (Å²) >= 11 is 0. The molecule has 0 unspecified atom stereocenters. The fraction of sp³-hybridized carbons (Fsp3) is 0.571. The van der Waals surface area contributed by atoms with Gasteiger partial charge in [-0.2, -0.15) is 8.42 Å². The predicted octanol–water partition coefficient (Wildman–Crippen LogP) is 7.08. The fourth-order valence-corrected chi connectivity index (χ4v) is 4.22. The molecule has 0 radical (unpaired) electrons. The van der Waals surface area contributed by atoms with Crippen molar-refractivity contribution in [2.75, 3.05) is 13.2 Å². The van der Waals surface area contributed by atoms with Crippen molar-refractivity contribution >= 4 is 22.1 Å². The summed E-state index contributed by atoms with van der Waals surface area (Å²) < 4.78 is 43.1. The Morgan fingerprint density at radius 1 is 0.694 bits per heavy atom. The zero-order valence-electron chi connectivity index (χ0n) is 21.4. The smallest absolute Gasteiger partial charge is 0.339 e. The number of esters is 2. The molecule has 202 valence electrons. The van der Waals surface area contributed by atoms with E-state index in [1.807, 2.05) is 12.2 Å². The maximum atomic E-state index is 12.7. The van der Waals surface area contributed by atoms with Crippen molar-refractivity contribution in [3.8, 4) is 0 Å². The molecule has 0 heterocycles. The Balaban J connectivity index is 2.57. The number of unbranched alkanes of at least 4 members (excludes halogenated alkanes) is 12. The summed E-state index contributed by atoms with van der Waals surface area (Å²) in [6.07, 6.45) is 17.9. The zero-order chi connectivity index (χ0) is 26.7. The second-order valence-electron chi connectivity index (χ2n) is 8.85. The third-order valence-corrected chi connectivity index (χ3v) is 6.65. The van der Waals surface area contributed by atoms with Crippen LogP contribution in [0.15, 0.2) is 48.4 Å². The maximum Gasteiger partial charge on any atom is 0.339 e. The lowest BCUT2D eigenvalue weighted by Gasteiger charge is -2.11. The molecule has 1 aromatic carbocycles. The van der Waals surface area contributed by atoms with E-state index < -0.39 is 27.0 Å². The standard InChI is InChI=1S/C28H42O7S/c1-3-5-7-9-11-13-15-17-21-34-27(29)25-20-19-24(36(31,32)33)23-26(25)28(30)35-22-18-16-14-12-10-8-6-4-2/h3-4,19-20,23H,1-2,5-18,21-22H2,(H,31,32,33). The normalized spacial score (nSPS) is 11.1. The molecule has 0 amide bonds. The summed E-state index contributed by atoms with van der Waals surface area (Å²) in [5.41, 5.74) is -0.319. The first kappa shape index (κ1) is 31.6. The van der Waals surface area contributed by atoms with Crippen LogP contribution in [0.4, 0.5) is 0 Å². The van der Waals surface area contributed by atoms with Gasteiger partial charge in [0.15, 0.2) is 0 Å². The number of rotatable bonds is 21. The van der Waals surface area contributed by atoms with E-state index in [-0.39, 0.29) is 24.3 Å². The van der Waals surface area contributed by atoms with Crippen LogP contribution in [-0.2, 0) is 19.6 Å². The van der Waals surface area contributed by atoms with Crippen molar-refractivity contribution in [2.24, 2.45) is 0 Å². The van der Waals surface area contributed by atoms with Crippen molar-refractivity contribution in [3.05, 3.63) is 54.6 Å². The molecule has 0 bridgehead atoms. The molecule has 0 aliphatic heterocycles. The van der Waals surface area contributed by atoms with Crippen molar-refractivity contribution in [1.29, 1.82) is 0 Å². The molecule has 0 aliphatic rings. The molecule has 0 saturated heterocycles. The van der Waals surface area contributed by atoms with Crippen molar-refractivity contribution in [1.82, 2.24) is 0 Å². The molecule has 1 rings (SSSR count). The maximum absolute atomic E-state index is 12.7. The minimum absolute atomic E-state index is 0.0842. The van der Waals surface area contributed by atoms with Crippen LogP contribution in [0.25, 0.3) is 0 Å². The molecule has 36 heavy (non-hydrogen) atoms. The number of carbonyl (C=O) groups excluding carboxylic acids is 2. The van der Waals surface area contributed by atoms with E-state index in [2.05, 4.69) is 13.2 Å². The van der Waals surface area contributed by atoms with Gasteiger partial charge in [0.1, 0.15) is 0 Å². The van der Waals surface area contributed by atoms with Gasteiger partial charge >= 0.3 is 11.9 Å². The zero-order valence-corrected chi connectivity index (χ0v) is 22.2. The molecule has 0 aliphatic carbocycles. The molecule has 0 atom stereocenters. The van der Waals surface area contributed by atoms with Crippen molar-refractivity contribution < 1.29 is 32.0 Å². The van der Waals surface area contributed by atoms with E-state index in [0.29, 0.717) is 12.8 Å². The van der Waals surface area contributed by atoms with Crippen LogP contribution in [0, 0.1) is 0 Å². The Morgan fingerprint density at radius 2 is 1.11 bits per heavy atom. The summed E-state index contributed by atoms with van der Waals surface area (Å²) in [6.45, 7) is 7.77. The third-order valence-electron chi connectivity index (χ3n) is 5.80. The number of hydrogen-bond donors (Lipinski definition) is 1. The van der Waals surface area contributed by atoms with Gasteiger partial charge in [0.2, 0.25) is 0 Å². The Hall–Kier alpha value is -2.45. The first-order valence-electron chi connectivity index (χ1n) is 13.0. The van der Waals surface area contributed by atoms with E-state index >= 15 is 0 Å². The summed E-state index contributed by atoms with van der Waals surface area (Å²) in [6, 6.07) is 3.19. The van der Waals surface area contributed by atoms with Crippen LogP contribution in [0.2, 0.25) is 0 Å². The van der Waals surface area contributed by atoms with Gasteiger partial charge in [-0.3, -0.25) is 4.55 Å². The molecule has 0 spiro atoms. The monoisotopic (exact) mass is 522 g/mol. The lowest BCUT2D eigenvalue weighted by molar-refractivity contribution is 0.0450. The number of ether oxygens (including phenoxy) is 2. The van der Waals surface area contributed by atoms with Crippen LogP contribution in [0.5, 0.6) is 0 Å². The average molecular weight is 523 g/mol. The molecule has 0 saturated carbocycles. The summed E-state index contributed by atoms with van der Waals surface area (Å²) in [7, 11) is -4.55. The van der Waals surface area contributed by atoms with E-state index in [1.165, 1.54) is 6.07 Å². The van der Waals surface area contributed by atoms with Crippen LogP contribution in [0.1, 0.15) is 111 Å². The summed E-state index contributed by atoms with van der Waals surface area (Å²) in [5, 5.41) is 0. The number of allylic oxidation sites excluding steroid dienone is 2. The molecule has 7 nitrogen and oxygen atoms in total. The van der Waals surface area contributed by atoms with Gasteiger partial charge in [0.05, 0.1) is 29.2 Å². The lowest BCUT2D eigenvalue weighted by atomic mass is 10.1. The van der Waals surface area contributed by atoms with Gasteiger partial charge in [-0.05, 0) is 56.7 Å². The molecule has 8 heteroatoms. The van der Waals surface area contributed by atoms with Crippen molar-refractivity contribution in [3.63, 3.8) is 0 Å². The molecular weight excluding hydrogens is 480 g/mol. The second kappa shape index (κ2) is 18.8. The van der Waals surface area contributed by atoms with Gasteiger partial charge in [0, 0.05) is 0 Å². The largest absolute Gasteiger partial charge is 0.462 e. The van der Waals surface area contributed by atoms with Gasteiger partial charge in [-0.1, -0.05) is 63.5 Å². The van der Waals surface area contributed by atoms with Crippen molar-refractivity contribution in [2.45, 2.75) is 94.8 Å². The lowest BCUT2D eigenvalue weighted by Crippen LogP contribution is -2.16. The van der Waals surface area contributed by atoms with Crippen LogP contribution < -0.4 is 0 Å². The number of carbonyl (C=O) groups is 2. The quantitative estimate of drug-likeness (QED) is 0.0795. The molecule has 1 aromatic rings. The van der Waals surface area contributed by atoms with Gasteiger partial charge in [-0.15, -0.1) is 13.2 Å². The average Bonchev–Trinajstić information content (AvgIpc) is 2.85. The minimum atomic E-state index is -4.55. The Bertz CT molecular complexity index is 922. The van der Waals surface area contributed by atoms with E-state index in [1.54, 1.807) is 0 Å². The van der Waals surface area contributed by atoms with Gasteiger partial charge in [-0.25, -0.2) is 9.59 Å². The Labute approximate surface area is 216 Å². The first-order valence-corrected chi connectivity index (χ1v) is 14.4. The highest BCUT2D eigenvalue weighted by Crippen LogP contribution is 2.19. The van der Waals surface area contributed by atoms with Gasteiger partial charge in [0.25, 0.3) is 10.1 Å². The number of hydrogen-bond acceptors (Lipinski definition) is 6. The van der Waals surface area contributed by atoms with E-state index in [4.69, 9.17) is 9.47 Å². The van der Waals surface area contributed by atoms with Gasteiger partial charge < -0.3 is 9.47 Å². The van der Waals surface area contributed by atoms with E-state index in [0.717, 1.165) is 89.2 Å². The highest BCUT2D eigenvalue weighted by Gasteiger charge is 2.23. The predicted molar refractivity (Wildman–Crippen MR) is 142 cm³/mol. The summed E-state index contributed by atoms with van der Waals surface area (Å²) in [4.78, 5) is 24.8. The number of benzene rings is 1. The first-order chi connectivity index (χ1) is 17.3. The van der Waals surface area contributed by atoms with Crippen LogP contribution >= 0.6 is 0 Å². The molecular formula is C28H42O7S. The topological polar surface area (TPSA) is 107 Å².